The third kappa shape index (κ3) is 4.74. The van der Waals surface area contributed by atoms with Crippen molar-refractivity contribution in [1.82, 2.24) is 14.9 Å². The van der Waals surface area contributed by atoms with E-state index in [0.29, 0.717) is 29.3 Å². The van der Waals surface area contributed by atoms with Gasteiger partial charge in [0.25, 0.3) is 11.6 Å². The van der Waals surface area contributed by atoms with Crippen LogP contribution in [0.3, 0.4) is 0 Å². The molecule has 9 heteroatoms. The highest BCUT2D eigenvalue weighted by Gasteiger charge is 2.18. The Morgan fingerprint density at radius 3 is 2.82 bits per heavy atom. The van der Waals surface area contributed by atoms with E-state index in [-0.39, 0.29) is 17.1 Å². The van der Waals surface area contributed by atoms with Crippen molar-refractivity contribution in [2.75, 3.05) is 12.3 Å². The number of carbonyl (C=O) groups excluding carboxylic acids is 1. The van der Waals surface area contributed by atoms with Gasteiger partial charge in [0.05, 0.1) is 11.3 Å². The minimum atomic E-state index is -0.531. The first kappa shape index (κ1) is 19.6. The third-order valence-electron chi connectivity index (χ3n) is 3.96. The summed E-state index contributed by atoms with van der Waals surface area (Å²) >= 11 is 1.49. The van der Waals surface area contributed by atoms with Crippen LogP contribution in [0.4, 0.5) is 10.1 Å². The zero-order valence-corrected chi connectivity index (χ0v) is 15.6. The molecule has 0 aliphatic rings. The minimum absolute atomic E-state index is 0.181. The second kappa shape index (κ2) is 9.14. The number of benzene rings is 2. The fraction of sp³-hybridized carbons (Fsp3) is 0.158. The number of halogens is 1. The maximum atomic E-state index is 13.5. The number of thioether (sulfide) groups is 1. The van der Waals surface area contributed by atoms with Gasteiger partial charge in [0.15, 0.2) is 0 Å². The van der Waals surface area contributed by atoms with Crippen LogP contribution in [0.1, 0.15) is 15.9 Å². The number of amides is 1. The fourth-order valence-electron chi connectivity index (χ4n) is 2.57. The Hall–Kier alpha value is -3.20. The summed E-state index contributed by atoms with van der Waals surface area (Å²) in [7, 11) is 0. The van der Waals surface area contributed by atoms with E-state index in [9.17, 15) is 19.3 Å². The van der Waals surface area contributed by atoms with Crippen LogP contribution in [0.25, 0.3) is 5.69 Å². The van der Waals surface area contributed by atoms with Gasteiger partial charge in [0, 0.05) is 42.1 Å². The molecule has 1 heterocycles. The van der Waals surface area contributed by atoms with E-state index < -0.39 is 10.8 Å². The number of nitrogens with zero attached hydrogens (tertiary/aromatic N) is 3. The first-order chi connectivity index (χ1) is 13.6. The van der Waals surface area contributed by atoms with Gasteiger partial charge in [-0.15, -0.1) is 0 Å². The topological polar surface area (TPSA) is 90.1 Å². The number of nitro groups is 1. The van der Waals surface area contributed by atoms with Crippen LogP contribution < -0.4 is 5.32 Å². The van der Waals surface area contributed by atoms with Crippen molar-refractivity contribution in [3.05, 3.63) is 88.2 Å². The van der Waals surface area contributed by atoms with Gasteiger partial charge in [-0.2, -0.15) is 11.8 Å². The normalized spacial score (nSPS) is 10.6. The fourth-order valence-corrected chi connectivity index (χ4v) is 3.41. The Morgan fingerprint density at radius 1 is 1.29 bits per heavy atom. The van der Waals surface area contributed by atoms with Gasteiger partial charge in [-0.1, -0.05) is 18.2 Å². The quantitative estimate of drug-likeness (QED) is 0.355. The molecule has 3 aromatic rings. The molecule has 0 radical (unpaired) electrons. The molecular formula is C19H17FN4O3S. The molecule has 0 unspecified atom stereocenters. The van der Waals surface area contributed by atoms with Gasteiger partial charge >= 0.3 is 0 Å². The predicted molar refractivity (Wildman–Crippen MR) is 105 cm³/mol. The summed E-state index contributed by atoms with van der Waals surface area (Å²) in [5.74, 6) is 0.458. The molecule has 28 heavy (non-hydrogen) atoms. The van der Waals surface area contributed by atoms with E-state index >= 15 is 0 Å². The summed E-state index contributed by atoms with van der Waals surface area (Å²) in [6.45, 7) is 0.370. The summed E-state index contributed by atoms with van der Waals surface area (Å²) in [6, 6.07) is 10.9. The number of rotatable bonds is 8. The Bertz CT molecular complexity index is 979. The monoisotopic (exact) mass is 400 g/mol. The molecule has 0 saturated heterocycles. The molecule has 0 fully saturated rings. The first-order valence-electron chi connectivity index (χ1n) is 8.42. The lowest BCUT2D eigenvalue weighted by molar-refractivity contribution is -0.384. The highest BCUT2D eigenvalue weighted by molar-refractivity contribution is 7.98. The summed E-state index contributed by atoms with van der Waals surface area (Å²) in [5.41, 5.74) is 0.971. The van der Waals surface area contributed by atoms with Crippen LogP contribution in [0.15, 0.2) is 61.2 Å². The highest BCUT2D eigenvalue weighted by atomic mass is 32.2. The predicted octanol–water partition coefficient (Wildman–Crippen LogP) is 3.58. The minimum Gasteiger partial charge on any atom is -0.351 e. The lowest BCUT2D eigenvalue weighted by Gasteiger charge is -2.08. The van der Waals surface area contributed by atoms with Crippen molar-refractivity contribution in [3.63, 3.8) is 0 Å². The molecule has 7 nitrogen and oxygen atoms in total. The largest absolute Gasteiger partial charge is 0.351 e. The van der Waals surface area contributed by atoms with Gasteiger partial charge in [-0.25, -0.2) is 9.37 Å². The smallest absolute Gasteiger partial charge is 0.294 e. The Morgan fingerprint density at radius 2 is 2.11 bits per heavy atom. The standard InChI is InChI=1S/C19H17FN4O3S/c20-16-4-2-1-3-15(16)12-28-10-8-22-19(25)14-5-6-17(18(11-14)24(26)27)23-9-7-21-13-23/h1-7,9,11,13H,8,10,12H2,(H,22,25). The van der Waals surface area contributed by atoms with E-state index in [4.69, 9.17) is 0 Å². The van der Waals surface area contributed by atoms with Crippen LogP contribution in [0.2, 0.25) is 0 Å². The molecule has 3 rings (SSSR count). The molecular weight excluding hydrogens is 383 g/mol. The summed E-state index contributed by atoms with van der Waals surface area (Å²) in [6.07, 6.45) is 4.56. The molecule has 1 amide bonds. The molecule has 1 N–H and O–H groups in total. The van der Waals surface area contributed by atoms with Crippen LogP contribution >= 0.6 is 11.8 Å². The average Bonchev–Trinajstić information content (AvgIpc) is 3.23. The van der Waals surface area contributed by atoms with E-state index in [0.717, 1.165) is 0 Å². The van der Waals surface area contributed by atoms with Crippen molar-refractivity contribution in [2.45, 2.75) is 5.75 Å². The molecule has 0 spiro atoms. The molecule has 0 atom stereocenters. The van der Waals surface area contributed by atoms with Gasteiger partial charge in [0.2, 0.25) is 0 Å². The van der Waals surface area contributed by atoms with Crippen molar-refractivity contribution in [3.8, 4) is 5.69 Å². The SMILES string of the molecule is O=C(NCCSCc1ccccc1F)c1ccc(-n2ccnc2)c([N+](=O)[O-])c1. The van der Waals surface area contributed by atoms with E-state index in [1.165, 1.54) is 53.1 Å². The highest BCUT2D eigenvalue weighted by Crippen LogP contribution is 2.24. The lowest BCUT2D eigenvalue weighted by Crippen LogP contribution is -2.25. The molecule has 0 bridgehead atoms. The zero-order valence-electron chi connectivity index (χ0n) is 14.7. The third-order valence-corrected chi connectivity index (χ3v) is 4.97. The van der Waals surface area contributed by atoms with E-state index in [2.05, 4.69) is 10.3 Å². The lowest BCUT2D eigenvalue weighted by atomic mass is 10.1. The Balaban J connectivity index is 1.56. The number of imidazole rings is 1. The molecule has 0 aliphatic carbocycles. The molecule has 0 aliphatic heterocycles. The number of nitro benzene ring substituents is 1. The average molecular weight is 400 g/mol. The number of nitrogens with one attached hydrogen (secondary N) is 1. The van der Waals surface area contributed by atoms with Crippen LogP contribution in [-0.4, -0.2) is 32.7 Å². The summed E-state index contributed by atoms with van der Waals surface area (Å²) in [5, 5.41) is 14.1. The zero-order chi connectivity index (χ0) is 19.9. The van der Waals surface area contributed by atoms with Gasteiger partial charge in [0.1, 0.15) is 11.5 Å². The molecule has 2 aromatic carbocycles. The number of carbonyl (C=O) groups is 1. The summed E-state index contributed by atoms with van der Waals surface area (Å²) < 4.78 is 15.1. The van der Waals surface area contributed by atoms with Crippen molar-refractivity contribution >= 4 is 23.4 Å². The first-order valence-corrected chi connectivity index (χ1v) is 9.58. The Kier molecular flexibility index (Phi) is 6.38. The van der Waals surface area contributed by atoms with Crippen molar-refractivity contribution in [2.24, 2.45) is 0 Å². The molecule has 1 aromatic heterocycles. The van der Waals surface area contributed by atoms with E-state index in [1.54, 1.807) is 24.4 Å². The van der Waals surface area contributed by atoms with Crippen molar-refractivity contribution < 1.29 is 14.1 Å². The second-order valence-electron chi connectivity index (χ2n) is 5.83. The summed E-state index contributed by atoms with van der Waals surface area (Å²) in [4.78, 5) is 27.0. The van der Waals surface area contributed by atoms with E-state index in [1.807, 2.05) is 0 Å². The van der Waals surface area contributed by atoms with Crippen LogP contribution in [0.5, 0.6) is 0 Å². The number of aromatic nitrogens is 2. The number of hydrogen-bond acceptors (Lipinski definition) is 5. The Labute approximate surface area is 164 Å². The maximum Gasteiger partial charge on any atom is 0.294 e. The van der Waals surface area contributed by atoms with Gasteiger partial charge in [-0.3, -0.25) is 14.9 Å². The maximum absolute atomic E-state index is 13.5. The van der Waals surface area contributed by atoms with Gasteiger partial charge < -0.3 is 9.88 Å². The van der Waals surface area contributed by atoms with Crippen LogP contribution in [-0.2, 0) is 5.75 Å². The second-order valence-corrected chi connectivity index (χ2v) is 6.94. The number of hydrogen-bond donors (Lipinski definition) is 1. The molecule has 144 valence electrons. The van der Waals surface area contributed by atoms with Gasteiger partial charge in [-0.05, 0) is 23.8 Å². The molecule has 0 saturated carbocycles. The van der Waals surface area contributed by atoms with Crippen LogP contribution in [0, 0.1) is 15.9 Å². The van der Waals surface area contributed by atoms with Crippen molar-refractivity contribution in [1.29, 1.82) is 0 Å².